The lowest BCUT2D eigenvalue weighted by Crippen LogP contribution is -2.42. The fraction of sp³-hybridized carbons (Fsp3) is 0.438. The van der Waals surface area contributed by atoms with Gasteiger partial charge in [0.15, 0.2) is 17.5 Å². The third-order valence-electron chi connectivity index (χ3n) is 4.41. The molecule has 1 aromatic carbocycles. The minimum absolute atomic E-state index is 0.0113. The van der Waals surface area contributed by atoms with Gasteiger partial charge in [-0.25, -0.2) is 18.4 Å². The molecule has 0 spiro atoms. The number of aromatic nitrogens is 3. The number of amides is 1. The molecule has 1 amide bonds. The number of hydrogen-bond donors (Lipinski definition) is 2. The summed E-state index contributed by atoms with van der Waals surface area (Å²) in [6.45, 7) is -0.331. The molecule has 0 fully saturated rings. The molecule has 2 aromatic rings. The smallest absolute Gasteiger partial charge is 0.521 e. The Morgan fingerprint density at radius 1 is 1.27 bits per heavy atom. The second-order valence-electron chi connectivity index (χ2n) is 6.74. The van der Waals surface area contributed by atoms with Crippen molar-refractivity contribution in [3.8, 4) is 0 Å². The van der Waals surface area contributed by atoms with Gasteiger partial charge in [0, 0.05) is 36.3 Å². The van der Waals surface area contributed by atoms with Gasteiger partial charge in [-0.05, 0) is 22.6 Å². The van der Waals surface area contributed by atoms with Gasteiger partial charge in [-0.15, -0.1) is 10.2 Å². The van der Waals surface area contributed by atoms with Gasteiger partial charge in [0.1, 0.15) is 5.82 Å². The van der Waals surface area contributed by atoms with Crippen LogP contribution in [0.3, 0.4) is 0 Å². The van der Waals surface area contributed by atoms with Gasteiger partial charge < -0.3 is 20.1 Å². The third-order valence-corrected chi connectivity index (χ3v) is 4.55. The van der Waals surface area contributed by atoms with Crippen LogP contribution in [0.4, 0.5) is 26.3 Å². The molecule has 0 aliphatic carbocycles. The highest BCUT2D eigenvalue weighted by Crippen LogP contribution is 2.29. The Hall–Kier alpha value is -2.65. The fourth-order valence-electron chi connectivity index (χ4n) is 3.05. The predicted molar refractivity (Wildman–Crippen MR) is 94.4 cm³/mol. The molecular formula is C16H16F6N5O5P. The quantitative estimate of drug-likeness (QED) is 0.205. The van der Waals surface area contributed by atoms with E-state index >= 15 is 0 Å². The molecule has 17 heteroatoms. The van der Waals surface area contributed by atoms with Crippen molar-refractivity contribution in [2.45, 2.75) is 38.1 Å². The zero-order valence-corrected chi connectivity index (χ0v) is 17.3. The van der Waals surface area contributed by atoms with Gasteiger partial charge in [-0.2, -0.15) is 13.2 Å². The number of halogens is 6. The van der Waals surface area contributed by atoms with E-state index in [-0.39, 0.29) is 43.9 Å². The molecule has 1 unspecified atom stereocenters. The SMILES string of the molecule is N[C@@H](CC(=O)N1CCn2c(nnc2C(F)(F)F)C1)Cc1cc(F)cc(F)c1F.O=[P+]([O-])OO. The van der Waals surface area contributed by atoms with Crippen molar-refractivity contribution in [3.63, 3.8) is 0 Å². The molecule has 2 heterocycles. The Kier molecular flexibility index (Phi) is 8.85. The van der Waals surface area contributed by atoms with E-state index in [4.69, 9.17) is 20.4 Å². The van der Waals surface area contributed by atoms with Gasteiger partial charge in [-0.1, -0.05) is 0 Å². The summed E-state index contributed by atoms with van der Waals surface area (Å²) in [7, 11) is -3.04. The highest BCUT2D eigenvalue weighted by atomic mass is 31.1. The first-order valence-corrected chi connectivity index (χ1v) is 10.0. The van der Waals surface area contributed by atoms with Crippen LogP contribution in [-0.4, -0.2) is 43.4 Å². The van der Waals surface area contributed by atoms with E-state index in [1.165, 1.54) is 4.90 Å². The summed E-state index contributed by atoms with van der Waals surface area (Å²) in [5, 5.41) is 13.6. The second-order valence-corrected chi connectivity index (χ2v) is 7.35. The summed E-state index contributed by atoms with van der Waals surface area (Å²) >= 11 is 0. The standard InChI is InChI=1S/C16H15F6N5O.HO4P/c17-9-3-8(14(19)11(18)5-9)4-10(23)6-13(28)26-1-2-27-12(7-26)24-25-15(27)16(20,21)22;1-4-5(2)3/h3,5,10H,1-2,4,6-7,23H2;1H/t10-;/m1./s1. The highest BCUT2D eigenvalue weighted by molar-refractivity contribution is 7.30. The number of carbonyl (C=O) groups excluding carboxylic acids is 1. The van der Waals surface area contributed by atoms with Gasteiger partial charge in [-0.3, -0.25) is 4.79 Å². The largest absolute Gasteiger partial charge is 0.565 e. The van der Waals surface area contributed by atoms with E-state index in [0.717, 1.165) is 10.6 Å². The molecular weight excluding hydrogens is 487 g/mol. The summed E-state index contributed by atoms with van der Waals surface area (Å²) < 4.78 is 91.2. The molecule has 3 N–H and O–H groups in total. The second kappa shape index (κ2) is 11.0. The van der Waals surface area contributed by atoms with Crippen molar-refractivity contribution in [1.82, 2.24) is 19.7 Å². The fourth-order valence-corrected chi connectivity index (χ4v) is 3.05. The van der Waals surface area contributed by atoms with Gasteiger partial charge in [0.2, 0.25) is 11.7 Å². The number of carbonyl (C=O) groups is 1. The average Bonchev–Trinajstić information content (AvgIpc) is 3.15. The van der Waals surface area contributed by atoms with Gasteiger partial charge in [0.05, 0.1) is 6.54 Å². The van der Waals surface area contributed by atoms with E-state index in [0.29, 0.717) is 6.07 Å². The number of fused-ring (bicyclic) bond motifs is 1. The Labute approximate surface area is 182 Å². The first-order chi connectivity index (χ1) is 15.3. The first-order valence-electron chi connectivity index (χ1n) is 8.95. The summed E-state index contributed by atoms with van der Waals surface area (Å²) in [4.78, 5) is 22.5. The molecule has 0 radical (unpaired) electrons. The lowest BCUT2D eigenvalue weighted by atomic mass is 10.0. The maximum absolute atomic E-state index is 13.7. The van der Waals surface area contributed by atoms with Gasteiger partial charge in [0.25, 0.3) is 0 Å². The van der Waals surface area contributed by atoms with Gasteiger partial charge >= 0.3 is 14.4 Å². The Balaban J connectivity index is 0.000000696. The normalized spacial score (nSPS) is 14.8. The van der Waals surface area contributed by atoms with Crippen molar-refractivity contribution in [2.24, 2.45) is 5.73 Å². The minimum atomic E-state index is -4.65. The van der Waals surface area contributed by atoms with Crippen LogP contribution in [-0.2, 0) is 39.7 Å². The topological polar surface area (TPSA) is 147 Å². The van der Waals surface area contributed by atoms with Crippen molar-refractivity contribution in [1.29, 1.82) is 0 Å². The monoisotopic (exact) mass is 503 g/mol. The molecule has 0 saturated carbocycles. The predicted octanol–water partition coefficient (Wildman–Crippen LogP) is 1.51. The van der Waals surface area contributed by atoms with E-state index in [2.05, 4.69) is 14.9 Å². The summed E-state index contributed by atoms with van der Waals surface area (Å²) in [6, 6.07) is 0.257. The van der Waals surface area contributed by atoms with Crippen LogP contribution in [0, 0.1) is 17.5 Å². The zero-order chi connectivity index (χ0) is 24.9. The zero-order valence-electron chi connectivity index (χ0n) is 16.4. The van der Waals surface area contributed by atoms with Crippen molar-refractivity contribution < 1.29 is 50.5 Å². The van der Waals surface area contributed by atoms with Crippen molar-refractivity contribution in [2.75, 3.05) is 6.54 Å². The molecule has 1 aliphatic rings. The number of alkyl halides is 3. The van der Waals surface area contributed by atoms with Crippen molar-refractivity contribution in [3.05, 3.63) is 46.8 Å². The number of rotatable bonds is 5. The van der Waals surface area contributed by atoms with E-state index in [9.17, 15) is 31.1 Å². The molecule has 1 aliphatic heterocycles. The van der Waals surface area contributed by atoms with Crippen LogP contribution >= 0.6 is 8.25 Å². The van der Waals surface area contributed by atoms with Crippen LogP contribution in [0.1, 0.15) is 23.6 Å². The van der Waals surface area contributed by atoms with Crippen LogP contribution in [0.2, 0.25) is 0 Å². The first kappa shape index (κ1) is 26.6. The van der Waals surface area contributed by atoms with Crippen LogP contribution in [0.25, 0.3) is 0 Å². The molecule has 0 bridgehead atoms. The summed E-state index contributed by atoms with van der Waals surface area (Å²) in [6.07, 6.45) is -5.21. The molecule has 3 rings (SSSR count). The molecule has 0 saturated heterocycles. The maximum atomic E-state index is 13.7. The van der Waals surface area contributed by atoms with Crippen LogP contribution in [0.5, 0.6) is 0 Å². The maximum Gasteiger partial charge on any atom is 0.521 e. The van der Waals surface area contributed by atoms with E-state index in [1.807, 2.05) is 0 Å². The average molecular weight is 503 g/mol. The molecule has 182 valence electrons. The lowest BCUT2D eigenvalue weighted by molar-refractivity contribution is -0.244. The summed E-state index contributed by atoms with van der Waals surface area (Å²) in [5.74, 6) is -5.20. The number of nitrogens with two attached hydrogens (primary N) is 1. The lowest BCUT2D eigenvalue weighted by Gasteiger charge is -2.29. The Morgan fingerprint density at radius 3 is 2.48 bits per heavy atom. The molecule has 33 heavy (non-hydrogen) atoms. The summed E-state index contributed by atoms with van der Waals surface area (Å²) in [5.41, 5.74) is 5.50. The minimum Gasteiger partial charge on any atom is -0.565 e. The highest BCUT2D eigenvalue weighted by Gasteiger charge is 2.40. The number of nitrogens with zero attached hydrogens (tertiary/aromatic N) is 4. The third kappa shape index (κ3) is 7.17. The van der Waals surface area contributed by atoms with Crippen LogP contribution < -0.4 is 10.6 Å². The molecule has 1 aromatic heterocycles. The number of hydrogen-bond acceptors (Lipinski definition) is 8. The Morgan fingerprint density at radius 2 is 1.91 bits per heavy atom. The number of benzene rings is 1. The molecule has 2 atom stereocenters. The van der Waals surface area contributed by atoms with Crippen LogP contribution in [0.15, 0.2) is 12.1 Å². The van der Waals surface area contributed by atoms with E-state index in [1.54, 1.807) is 0 Å². The Bertz CT molecular complexity index is 1020. The van der Waals surface area contributed by atoms with E-state index < -0.39 is 49.7 Å². The van der Waals surface area contributed by atoms with Crippen molar-refractivity contribution >= 4 is 14.2 Å². The molecule has 10 nitrogen and oxygen atoms in total.